The number of likely N-dealkylation sites (tertiary alicyclic amines) is 1. The third kappa shape index (κ3) is 4.91. The minimum Gasteiger partial charge on any atom is -0.493 e. The first-order valence-electron chi connectivity index (χ1n) is 12.6. The van der Waals surface area contributed by atoms with E-state index in [1.807, 2.05) is 19.1 Å². The van der Waals surface area contributed by atoms with E-state index in [9.17, 15) is 8.78 Å². The molecule has 1 aliphatic rings. The predicted octanol–water partition coefficient (Wildman–Crippen LogP) is 4.64. The number of piperidine rings is 1. The highest BCUT2D eigenvalue weighted by molar-refractivity contribution is 5.97. The molecule has 5 aromatic rings. The lowest BCUT2D eigenvalue weighted by Gasteiger charge is -2.36. The van der Waals surface area contributed by atoms with E-state index in [4.69, 9.17) is 14.2 Å². The Kier molecular flexibility index (Phi) is 6.50. The number of alkyl halides is 2. The second kappa shape index (κ2) is 10.2. The Balaban J connectivity index is 1.31. The zero-order chi connectivity index (χ0) is 27.9. The monoisotopic (exact) mass is 548 g/mol. The number of anilines is 2. The van der Waals surface area contributed by atoms with Gasteiger partial charge >= 0.3 is 0 Å². The summed E-state index contributed by atoms with van der Waals surface area (Å²) in [5, 5.41) is 7.76. The molecule has 1 aliphatic heterocycles. The van der Waals surface area contributed by atoms with E-state index in [1.165, 1.54) is 26.1 Å². The van der Waals surface area contributed by atoms with Gasteiger partial charge in [0, 0.05) is 24.7 Å². The largest absolute Gasteiger partial charge is 0.493 e. The van der Waals surface area contributed by atoms with Crippen LogP contribution in [0.5, 0.6) is 23.1 Å². The van der Waals surface area contributed by atoms with Crippen LogP contribution in [0.1, 0.15) is 12.0 Å². The van der Waals surface area contributed by atoms with Crippen molar-refractivity contribution >= 4 is 28.1 Å². The number of rotatable bonds is 7. The van der Waals surface area contributed by atoms with Crippen LogP contribution in [-0.2, 0) is 0 Å². The molecule has 0 amide bonds. The number of benzene rings is 2. The highest BCUT2D eigenvalue weighted by Gasteiger charge is 2.46. The molecule has 1 atom stereocenters. The summed E-state index contributed by atoms with van der Waals surface area (Å²) in [5.74, 6) is -1.18. The van der Waals surface area contributed by atoms with Crippen LogP contribution in [0.25, 0.3) is 16.6 Å². The number of ether oxygens (including phenoxy) is 3. The summed E-state index contributed by atoms with van der Waals surface area (Å²) in [6.07, 6.45) is 3.22. The van der Waals surface area contributed by atoms with Gasteiger partial charge in [-0.15, -0.1) is 0 Å². The number of methoxy groups -OCH3 is 1. The first-order chi connectivity index (χ1) is 19.3. The molecule has 6 rings (SSSR count). The molecule has 0 saturated carbocycles. The van der Waals surface area contributed by atoms with Crippen molar-refractivity contribution in [2.45, 2.75) is 25.4 Å². The number of halogens is 2. The van der Waals surface area contributed by atoms with Gasteiger partial charge in [0.05, 0.1) is 24.6 Å². The third-order valence-corrected chi connectivity index (χ3v) is 6.72. The number of aromatic nitrogens is 6. The maximum absolute atomic E-state index is 14.9. The second-order valence-corrected chi connectivity index (χ2v) is 9.60. The van der Waals surface area contributed by atoms with Gasteiger partial charge in [-0.2, -0.15) is 5.10 Å². The first-order valence-corrected chi connectivity index (χ1v) is 12.6. The van der Waals surface area contributed by atoms with Crippen molar-refractivity contribution in [1.82, 2.24) is 34.4 Å². The molecule has 206 valence electrons. The lowest BCUT2D eigenvalue weighted by Crippen LogP contribution is -2.52. The number of nitrogens with one attached hydrogen (secondary N) is 1. The molecule has 0 bridgehead atoms. The highest BCUT2D eigenvalue weighted by atomic mass is 19.3. The maximum Gasteiger partial charge on any atom is 0.296 e. The fourth-order valence-electron chi connectivity index (χ4n) is 4.71. The lowest BCUT2D eigenvalue weighted by atomic mass is 10.0. The molecular formula is C27H26F2N8O3. The molecule has 1 N–H and O–H groups in total. The van der Waals surface area contributed by atoms with Gasteiger partial charge in [-0.25, -0.2) is 33.2 Å². The zero-order valence-electron chi connectivity index (χ0n) is 22.0. The summed E-state index contributed by atoms with van der Waals surface area (Å²) >= 11 is 0. The third-order valence-electron chi connectivity index (χ3n) is 6.72. The number of aryl methyl sites for hydroxylation is 1. The van der Waals surface area contributed by atoms with Crippen LogP contribution in [0.15, 0.2) is 55.4 Å². The summed E-state index contributed by atoms with van der Waals surface area (Å²) in [6.45, 7) is 2.00. The van der Waals surface area contributed by atoms with E-state index in [0.29, 0.717) is 52.0 Å². The summed E-state index contributed by atoms with van der Waals surface area (Å²) in [5.41, 5.74) is 2.66. The molecule has 13 heteroatoms. The van der Waals surface area contributed by atoms with Crippen molar-refractivity contribution in [1.29, 1.82) is 0 Å². The van der Waals surface area contributed by atoms with Gasteiger partial charge in [0.2, 0.25) is 5.88 Å². The molecule has 0 unspecified atom stereocenters. The molecule has 0 radical (unpaired) electrons. The molecule has 0 spiro atoms. The van der Waals surface area contributed by atoms with Crippen LogP contribution < -0.4 is 19.5 Å². The minimum absolute atomic E-state index is 0.166. The maximum atomic E-state index is 14.9. The van der Waals surface area contributed by atoms with Gasteiger partial charge in [-0.3, -0.25) is 0 Å². The number of hydrogen-bond acceptors (Lipinski definition) is 10. The predicted molar refractivity (Wildman–Crippen MR) is 143 cm³/mol. The Morgan fingerprint density at radius 1 is 1.02 bits per heavy atom. The van der Waals surface area contributed by atoms with Crippen LogP contribution in [0.4, 0.5) is 20.3 Å². The van der Waals surface area contributed by atoms with E-state index >= 15 is 0 Å². The van der Waals surface area contributed by atoms with E-state index in [2.05, 4.69) is 30.4 Å². The van der Waals surface area contributed by atoms with Gasteiger partial charge in [-0.05, 0) is 49.9 Å². The van der Waals surface area contributed by atoms with Crippen LogP contribution in [0.3, 0.4) is 0 Å². The normalized spacial score (nSPS) is 17.2. The minimum atomic E-state index is -3.04. The van der Waals surface area contributed by atoms with E-state index in [1.54, 1.807) is 40.7 Å². The van der Waals surface area contributed by atoms with E-state index in [-0.39, 0.29) is 18.7 Å². The Hall–Kier alpha value is -4.65. The molecule has 2 aromatic carbocycles. The smallest absolute Gasteiger partial charge is 0.296 e. The Morgan fingerprint density at radius 3 is 2.67 bits per heavy atom. The van der Waals surface area contributed by atoms with Crippen molar-refractivity contribution in [3.05, 3.63) is 60.9 Å². The second-order valence-electron chi connectivity index (χ2n) is 9.60. The van der Waals surface area contributed by atoms with Crippen molar-refractivity contribution < 1.29 is 23.0 Å². The molecule has 1 fully saturated rings. The molecule has 40 heavy (non-hydrogen) atoms. The number of nitrogens with zero attached hydrogens (tertiary/aromatic N) is 7. The summed E-state index contributed by atoms with van der Waals surface area (Å²) in [7, 11) is 3.14. The Morgan fingerprint density at radius 2 is 1.88 bits per heavy atom. The van der Waals surface area contributed by atoms with Crippen molar-refractivity contribution in [3.8, 4) is 23.1 Å². The molecule has 0 aliphatic carbocycles. The fraction of sp³-hybridized carbons (Fsp3) is 0.296. The Labute approximate surface area is 227 Å². The first kappa shape index (κ1) is 25.6. The Bertz CT molecular complexity index is 1700. The summed E-state index contributed by atoms with van der Waals surface area (Å²) in [4.78, 5) is 18.7. The molecule has 11 nitrogen and oxygen atoms in total. The molecule has 3 aromatic heterocycles. The summed E-state index contributed by atoms with van der Waals surface area (Å²) in [6, 6.07) is 10.6. The highest BCUT2D eigenvalue weighted by Crippen LogP contribution is 2.42. The fourth-order valence-corrected chi connectivity index (χ4v) is 4.71. The van der Waals surface area contributed by atoms with Gasteiger partial charge in [-0.1, -0.05) is 0 Å². The van der Waals surface area contributed by atoms with Crippen molar-refractivity contribution in [3.63, 3.8) is 0 Å². The average Bonchev–Trinajstić information content (AvgIpc) is 3.39. The SMILES string of the molecule is COc1ccc2ncnc(Nc3ccc(Oc4cc5ncnn5cn4)c(C)c3)c2c1O[C@H]1CCN(C)CC1(F)F. The zero-order valence-corrected chi connectivity index (χ0v) is 22.0. The topological polar surface area (TPSA) is 112 Å². The quantitative estimate of drug-likeness (QED) is 0.309. The van der Waals surface area contributed by atoms with Crippen molar-refractivity contribution in [2.75, 3.05) is 32.6 Å². The van der Waals surface area contributed by atoms with Gasteiger partial charge in [0.1, 0.15) is 30.5 Å². The standard InChI is InChI=1S/C27H26F2N8O3/c1-16-10-17(4-6-19(16)39-23-11-22-31-14-34-37(22)15-33-23)35-26-24-18(30-13-32-26)5-7-20(38-3)25(24)40-21-8-9-36(2)12-27(21,28)29/h4-7,10-11,13-15,21H,8-9,12H2,1-3H3,(H,30,32,35)/t21-/m0/s1. The van der Waals surface area contributed by atoms with E-state index in [0.717, 1.165) is 5.56 Å². The summed E-state index contributed by atoms with van der Waals surface area (Å²) < 4.78 is 48.8. The van der Waals surface area contributed by atoms with E-state index < -0.39 is 12.0 Å². The van der Waals surface area contributed by atoms with Gasteiger partial charge < -0.3 is 24.4 Å². The van der Waals surface area contributed by atoms with Crippen molar-refractivity contribution in [2.24, 2.45) is 0 Å². The van der Waals surface area contributed by atoms with Crippen LogP contribution in [0.2, 0.25) is 0 Å². The molecule has 4 heterocycles. The van der Waals surface area contributed by atoms with Crippen LogP contribution >= 0.6 is 0 Å². The van der Waals surface area contributed by atoms with Crippen LogP contribution in [0, 0.1) is 6.92 Å². The number of hydrogen-bond donors (Lipinski definition) is 1. The molecule has 1 saturated heterocycles. The molecular weight excluding hydrogens is 522 g/mol. The number of fused-ring (bicyclic) bond motifs is 2. The lowest BCUT2D eigenvalue weighted by molar-refractivity contribution is -0.135. The van der Waals surface area contributed by atoms with Gasteiger partial charge in [0.25, 0.3) is 5.92 Å². The average molecular weight is 549 g/mol. The van der Waals surface area contributed by atoms with Gasteiger partial charge in [0.15, 0.2) is 23.3 Å². The van der Waals surface area contributed by atoms with Crippen LogP contribution in [-0.4, -0.2) is 73.7 Å².